The summed E-state index contributed by atoms with van der Waals surface area (Å²) in [6.07, 6.45) is 2.00. The van der Waals surface area contributed by atoms with Crippen molar-refractivity contribution in [3.8, 4) is 0 Å². The minimum atomic E-state index is 0.118. The first-order chi connectivity index (χ1) is 6.13. The van der Waals surface area contributed by atoms with Crippen LogP contribution in [0, 0.1) is 5.92 Å². The van der Waals surface area contributed by atoms with E-state index in [1.54, 1.807) is 11.3 Å². The summed E-state index contributed by atoms with van der Waals surface area (Å²) in [5.41, 5.74) is 1.04. The van der Waals surface area contributed by atoms with Gasteiger partial charge in [0.15, 0.2) is 0 Å². The van der Waals surface area contributed by atoms with Gasteiger partial charge in [-0.05, 0) is 23.6 Å². The molecular weight excluding hydrogens is 204 g/mol. The first-order valence-corrected chi connectivity index (χ1v) is 5.44. The van der Waals surface area contributed by atoms with Gasteiger partial charge in [0.05, 0.1) is 11.6 Å². The molecule has 0 unspecified atom stereocenters. The quantitative estimate of drug-likeness (QED) is 0.821. The van der Waals surface area contributed by atoms with Gasteiger partial charge in [-0.25, -0.2) is 0 Å². The van der Waals surface area contributed by atoms with Gasteiger partial charge < -0.3 is 5.11 Å². The Morgan fingerprint density at radius 3 is 2.77 bits per heavy atom. The fraction of sp³-hybridized carbons (Fsp3) is 0.400. The van der Waals surface area contributed by atoms with Crippen LogP contribution in [0.25, 0.3) is 6.08 Å². The number of thiophene rings is 1. The third-order valence-corrected chi connectivity index (χ3v) is 3.07. The molecule has 0 radical (unpaired) electrons. The number of halogens is 1. The van der Waals surface area contributed by atoms with Crippen LogP contribution in [-0.4, -0.2) is 11.7 Å². The van der Waals surface area contributed by atoms with E-state index >= 15 is 0 Å². The largest absolute Gasteiger partial charge is 0.392 e. The number of aliphatic hydroxyl groups excluding tert-OH is 1. The topological polar surface area (TPSA) is 20.2 Å². The summed E-state index contributed by atoms with van der Waals surface area (Å²) in [5, 5.41) is 11.7. The molecule has 0 spiro atoms. The second kappa shape index (κ2) is 4.80. The third kappa shape index (κ3) is 3.14. The second-order valence-electron chi connectivity index (χ2n) is 3.20. The lowest BCUT2D eigenvalue weighted by Gasteiger charge is -2.06. The van der Waals surface area contributed by atoms with Gasteiger partial charge in [-0.3, -0.25) is 0 Å². The molecular formula is C10H13ClOS. The maximum Gasteiger partial charge on any atom is 0.0647 e. The first-order valence-electron chi connectivity index (χ1n) is 4.19. The summed E-state index contributed by atoms with van der Waals surface area (Å²) >= 11 is 7.38. The van der Waals surface area contributed by atoms with Crippen molar-refractivity contribution in [1.29, 1.82) is 0 Å². The van der Waals surface area contributed by atoms with Gasteiger partial charge in [0.25, 0.3) is 0 Å². The zero-order valence-electron chi connectivity index (χ0n) is 7.75. The van der Waals surface area contributed by atoms with E-state index < -0.39 is 0 Å². The van der Waals surface area contributed by atoms with E-state index in [1.807, 2.05) is 17.5 Å². The Kier molecular flexibility index (Phi) is 3.97. The molecule has 0 bridgehead atoms. The van der Waals surface area contributed by atoms with Gasteiger partial charge in [0.2, 0.25) is 0 Å². The molecule has 0 saturated heterocycles. The van der Waals surface area contributed by atoms with Crippen LogP contribution in [0.3, 0.4) is 0 Å². The van der Waals surface area contributed by atoms with Gasteiger partial charge >= 0.3 is 0 Å². The first kappa shape index (κ1) is 10.8. The molecule has 1 heterocycles. The van der Waals surface area contributed by atoms with Crippen LogP contribution in [-0.2, 0) is 0 Å². The highest BCUT2D eigenvalue weighted by Gasteiger charge is 2.02. The van der Waals surface area contributed by atoms with Crippen molar-refractivity contribution in [2.24, 2.45) is 5.92 Å². The van der Waals surface area contributed by atoms with E-state index in [9.17, 15) is 0 Å². The molecule has 1 aromatic rings. The van der Waals surface area contributed by atoms with Crippen molar-refractivity contribution < 1.29 is 5.11 Å². The molecule has 1 N–H and O–H groups in total. The van der Waals surface area contributed by atoms with Gasteiger partial charge in [-0.15, -0.1) is 11.3 Å². The smallest absolute Gasteiger partial charge is 0.0647 e. The monoisotopic (exact) mass is 216 g/mol. The second-order valence-corrected chi connectivity index (χ2v) is 4.58. The predicted octanol–water partition coefficient (Wildman–Crippen LogP) is 3.43. The molecule has 13 heavy (non-hydrogen) atoms. The average molecular weight is 217 g/mol. The third-order valence-electron chi connectivity index (χ3n) is 1.84. The summed E-state index contributed by atoms with van der Waals surface area (Å²) in [5.74, 6) is 0.380. The van der Waals surface area contributed by atoms with Crippen molar-refractivity contribution >= 4 is 29.0 Å². The summed E-state index contributed by atoms with van der Waals surface area (Å²) in [4.78, 5) is 1.10. The van der Waals surface area contributed by atoms with Crippen LogP contribution in [0.5, 0.6) is 0 Å². The Labute approximate surface area is 87.7 Å². The van der Waals surface area contributed by atoms with E-state index in [-0.39, 0.29) is 6.61 Å². The van der Waals surface area contributed by atoms with Crippen LogP contribution in [0.1, 0.15) is 18.7 Å². The maximum atomic E-state index is 9.07. The fourth-order valence-corrected chi connectivity index (χ4v) is 2.03. The number of aliphatic hydroxyl groups is 1. The maximum absolute atomic E-state index is 9.07. The zero-order valence-corrected chi connectivity index (χ0v) is 9.32. The van der Waals surface area contributed by atoms with Crippen molar-refractivity contribution in [1.82, 2.24) is 0 Å². The summed E-state index contributed by atoms with van der Waals surface area (Å²) < 4.78 is 0. The predicted molar refractivity (Wildman–Crippen MR) is 59.2 cm³/mol. The van der Waals surface area contributed by atoms with E-state index in [0.29, 0.717) is 5.92 Å². The molecule has 0 aliphatic rings. The molecule has 0 amide bonds. The lowest BCUT2D eigenvalue weighted by atomic mass is 10.0. The Hall–Kier alpha value is -0.310. The van der Waals surface area contributed by atoms with Crippen molar-refractivity contribution in [3.05, 3.63) is 26.9 Å². The minimum Gasteiger partial charge on any atom is -0.392 e. The van der Waals surface area contributed by atoms with Crippen LogP contribution in [0.2, 0.25) is 5.02 Å². The molecule has 1 nitrogen and oxygen atoms in total. The summed E-state index contributed by atoms with van der Waals surface area (Å²) in [6.45, 7) is 4.25. The Morgan fingerprint density at radius 2 is 2.38 bits per heavy atom. The van der Waals surface area contributed by atoms with E-state index in [0.717, 1.165) is 15.5 Å². The van der Waals surface area contributed by atoms with E-state index in [1.165, 1.54) is 0 Å². The number of hydrogen-bond acceptors (Lipinski definition) is 2. The van der Waals surface area contributed by atoms with Crippen molar-refractivity contribution in [2.75, 3.05) is 6.61 Å². The van der Waals surface area contributed by atoms with Gasteiger partial charge in [-0.2, -0.15) is 0 Å². The lowest BCUT2D eigenvalue weighted by Crippen LogP contribution is -1.98. The average Bonchev–Trinajstić information content (AvgIpc) is 2.46. The minimum absolute atomic E-state index is 0.118. The van der Waals surface area contributed by atoms with Gasteiger partial charge in [0, 0.05) is 10.3 Å². The SMILES string of the molecule is CC(C)C(=Cc1cc(Cl)cs1)CO. The number of hydrogen-bond donors (Lipinski definition) is 1. The summed E-state index contributed by atoms with van der Waals surface area (Å²) in [7, 11) is 0. The highest BCUT2D eigenvalue weighted by atomic mass is 35.5. The summed E-state index contributed by atoms with van der Waals surface area (Å²) in [6, 6.07) is 1.91. The van der Waals surface area contributed by atoms with Crippen LogP contribution in [0.15, 0.2) is 17.0 Å². The zero-order chi connectivity index (χ0) is 9.84. The molecule has 3 heteroatoms. The molecule has 0 aliphatic heterocycles. The van der Waals surface area contributed by atoms with Gasteiger partial charge in [-0.1, -0.05) is 25.4 Å². The molecule has 0 fully saturated rings. The van der Waals surface area contributed by atoms with Gasteiger partial charge in [0.1, 0.15) is 0 Å². The van der Waals surface area contributed by atoms with E-state index in [4.69, 9.17) is 16.7 Å². The normalized spacial score (nSPS) is 12.5. The van der Waals surface area contributed by atoms with Crippen LogP contribution >= 0.6 is 22.9 Å². The highest BCUT2D eigenvalue weighted by molar-refractivity contribution is 7.11. The van der Waals surface area contributed by atoms with Crippen molar-refractivity contribution in [2.45, 2.75) is 13.8 Å². The molecule has 0 aromatic carbocycles. The van der Waals surface area contributed by atoms with E-state index in [2.05, 4.69) is 13.8 Å². The molecule has 0 aliphatic carbocycles. The molecule has 72 valence electrons. The Bertz CT molecular complexity index is 302. The Balaban J connectivity index is 2.84. The molecule has 0 saturated carbocycles. The number of rotatable bonds is 3. The van der Waals surface area contributed by atoms with Crippen LogP contribution < -0.4 is 0 Å². The molecule has 0 atom stereocenters. The Morgan fingerprint density at radius 1 is 1.69 bits per heavy atom. The van der Waals surface area contributed by atoms with Crippen molar-refractivity contribution in [3.63, 3.8) is 0 Å². The standard InChI is InChI=1S/C10H13ClOS/c1-7(2)8(5-12)3-10-4-9(11)6-13-10/h3-4,6-7,12H,5H2,1-2H3. The van der Waals surface area contributed by atoms with Crippen LogP contribution in [0.4, 0.5) is 0 Å². The fourth-order valence-electron chi connectivity index (χ4n) is 0.982. The molecule has 1 aromatic heterocycles. The highest BCUT2D eigenvalue weighted by Crippen LogP contribution is 2.23. The lowest BCUT2D eigenvalue weighted by molar-refractivity contribution is 0.320. The molecule has 1 rings (SSSR count).